The number of phenolic OH excluding ortho intramolecular Hbond substituents is 2. The Hall–Kier alpha value is -4.01. The Balaban J connectivity index is 1.97. The van der Waals surface area contributed by atoms with Crippen LogP contribution in [0.5, 0.6) is 11.5 Å². The summed E-state index contributed by atoms with van der Waals surface area (Å²) in [5.74, 6) is -0.899. The van der Waals surface area contributed by atoms with Crippen molar-refractivity contribution >= 4 is 16.9 Å². The van der Waals surface area contributed by atoms with Crippen LogP contribution in [0, 0.1) is 5.41 Å². The van der Waals surface area contributed by atoms with Crippen molar-refractivity contribution in [2.24, 2.45) is 12.5 Å². The molecule has 0 spiro atoms. The van der Waals surface area contributed by atoms with Gasteiger partial charge >= 0.3 is 11.7 Å². The van der Waals surface area contributed by atoms with E-state index in [1.165, 1.54) is 10.6 Å². The third kappa shape index (κ3) is 4.18. The predicted molar refractivity (Wildman–Crippen MR) is 133 cm³/mol. The number of aromatic hydroxyl groups is 2. The quantitative estimate of drug-likeness (QED) is 0.431. The summed E-state index contributed by atoms with van der Waals surface area (Å²) >= 11 is 0. The van der Waals surface area contributed by atoms with Crippen molar-refractivity contribution in [2.45, 2.75) is 47.0 Å². The second-order valence-electron chi connectivity index (χ2n) is 9.68. The Morgan fingerprint density at radius 2 is 1.83 bits per heavy atom. The minimum atomic E-state index is -0.822. The van der Waals surface area contributed by atoms with Gasteiger partial charge in [0.05, 0.1) is 16.7 Å². The summed E-state index contributed by atoms with van der Waals surface area (Å²) in [5.41, 5.74) is 0.739. The van der Waals surface area contributed by atoms with Crippen LogP contribution in [0.3, 0.4) is 0 Å². The van der Waals surface area contributed by atoms with E-state index in [4.69, 9.17) is 4.84 Å². The molecule has 0 saturated carbocycles. The molecule has 2 aromatic carbocycles. The van der Waals surface area contributed by atoms with Gasteiger partial charge < -0.3 is 19.6 Å². The van der Waals surface area contributed by atoms with Gasteiger partial charge in [-0.2, -0.15) is 0 Å². The van der Waals surface area contributed by atoms with Gasteiger partial charge in [0.15, 0.2) is 5.82 Å². The highest BCUT2D eigenvalue weighted by atomic mass is 16.7. The number of rotatable bonds is 6. The van der Waals surface area contributed by atoms with Gasteiger partial charge in [0.2, 0.25) is 0 Å². The summed E-state index contributed by atoms with van der Waals surface area (Å²) in [7, 11) is 1.93. The van der Waals surface area contributed by atoms with Crippen LogP contribution in [0.15, 0.2) is 47.4 Å². The molecule has 0 bridgehead atoms. The number of benzene rings is 2. The lowest BCUT2D eigenvalue weighted by atomic mass is 9.91. The van der Waals surface area contributed by atoms with Crippen molar-refractivity contribution < 1.29 is 19.8 Å². The number of nitrogens with zero attached hydrogens (tertiary/aromatic N) is 4. The number of fused-ring (bicyclic) bond motifs is 1. The molecular weight excluding hydrogens is 448 g/mol. The van der Waals surface area contributed by atoms with E-state index in [0.29, 0.717) is 22.5 Å². The molecule has 0 amide bonds. The fourth-order valence-corrected chi connectivity index (χ4v) is 3.81. The highest BCUT2D eigenvalue weighted by molar-refractivity contribution is 5.83. The van der Waals surface area contributed by atoms with Crippen molar-refractivity contribution in [1.29, 1.82) is 0 Å². The number of aryl methyl sites for hydroxylation is 1. The molecule has 0 radical (unpaired) electrons. The molecule has 9 heteroatoms. The lowest BCUT2D eigenvalue weighted by Gasteiger charge is -2.18. The van der Waals surface area contributed by atoms with E-state index < -0.39 is 17.1 Å². The highest BCUT2D eigenvalue weighted by Gasteiger charge is 2.31. The van der Waals surface area contributed by atoms with Gasteiger partial charge in [0.1, 0.15) is 11.5 Å². The molecule has 2 aromatic heterocycles. The van der Waals surface area contributed by atoms with Gasteiger partial charge in [-0.1, -0.05) is 20.8 Å². The van der Waals surface area contributed by atoms with Crippen molar-refractivity contribution in [2.75, 3.05) is 0 Å². The van der Waals surface area contributed by atoms with E-state index in [0.717, 1.165) is 10.9 Å². The van der Waals surface area contributed by atoms with Gasteiger partial charge in [0, 0.05) is 30.2 Å². The summed E-state index contributed by atoms with van der Waals surface area (Å²) in [6.07, 6.45) is 2.42. The first-order valence-electron chi connectivity index (χ1n) is 11.5. The number of carbonyl (C=O) groups excluding carboxylic acids is 1. The third-order valence-corrected chi connectivity index (χ3v) is 6.49. The number of carbonyl (C=O) groups is 1. The lowest BCUT2D eigenvalue weighted by molar-refractivity contribution is -0.156. The molecule has 184 valence electrons. The maximum absolute atomic E-state index is 13.5. The number of aromatic nitrogens is 4. The van der Waals surface area contributed by atoms with Crippen LogP contribution >= 0.6 is 0 Å². The Morgan fingerprint density at radius 3 is 2.49 bits per heavy atom. The second kappa shape index (κ2) is 8.65. The largest absolute Gasteiger partial charge is 0.508 e. The molecule has 2 N–H and O–H groups in total. The van der Waals surface area contributed by atoms with E-state index >= 15 is 0 Å². The van der Waals surface area contributed by atoms with Crippen molar-refractivity contribution in [3.8, 4) is 28.6 Å². The van der Waals surface area contributed by atoms with Crippen LogP contribution in [-0.2, 0) is 11.8 Å². The molecule has 0 unspecified atom stereocenters. The molecule has 0 fully saturated rings. The van der Waals surface area contributed by atoms with Gasteiger partial charge in [-0.3, -0.25) is 0 Å². The first kappa shape index (κ1) is 24.1. The first-order valence-corrected chi connectivity index (χ1v) is 11.5. The Morgan fingerprint density at radius 1 is 1.11 bits per heavy atom. The van der Waals surface area contributed by atoms with Crippen LogP contribution < -0.4 is 10.5 Å². The maximum atomic E-state index is 13.5. The smallest absolute Gasteiger partial charge is 0.385 e. The third-order valence-electron chi connectivity index (χ3n) is 6.49. The maximum Gasteiger partial charge on any atom is 0.385 e. The Kier molecular flexibility index (Phi) is 5.96. The van der Waals surface area contributed by atoms with Crippen LogP contribution in [0.4, 0.5) is 0 Å². The minimum absolute atomic E-state index is 0.0551. The molecule has 0 aliphatic rings. The molecule has 0 aliphatic carbocycles. The molecule has 0 aliphatic heterocycles. The fourth-order valence-electron chi connectivity index (χ4n) is 3.81. The zero-order chi connectivity index (χ0) is 25.7. The molecule has 0 atom stereocenters. The molecule has 4 aromatic rings. The summed E-state index contributed by atoms with van der Waals surface area (Å²) < 4.78 is 3.25. The van der Waals surface area contributed by atoms with Crippen molar-refractivity contribution in [3.63, 3.8) is 0 Å². The lowest BCUT2D eigenvalue weighted by Crippen LogP contribution is -2.39. The van der Waals surface area contributed by atoms with E-state index in [-0.39, 0.29) is 28.8 Å². The standard InChI is InChI=1S/C26H30N4O5/c1-7-26(4,5)24(33)35-30-25(34)29(17-8-9-20-16(12-17)10-11-28(20)6)23(27-30)19-13-18(15(2)3)21(31)14-22(19)32/h8-15,31-32H,7H2,1-6H3. The zero-order valence-corrected chi connectivity index (χ0v) is 20.7. The number of phenols is 2. The van der Waals surface area contributed by atoms with E-state index in [9.17, 15) is 19.8 Å². The van der Waals surface area contributed by atoms with Crippen molar-refractivity contribution in [3.05, 3.63) is 58.6 Å². The minimum Gasteiger partial charge on any atom is -0.508 e. The number of hydrogen-bond acceptors (Lipinski definition) is 6. The molecule has 2 heterocycles. The van der Waals surface area contributed by atoms with Crippen molar-refractivity contribution in [1.82, 2.24) is 19.1 Å². The Bertz CT molecular complexity index is 1490. The van der Waals surface area contributed by atoms with Gasteiger partial charge in [-0.15, -0.1) is 5.10 Å². The summed E-state index contributed by atoms with van der Waals surface area (Å²) in [6, 6.07) is 10.2. The Labute approximate surface area is 202 Å². The fraction of sp³-hybridized carbons (Fsp3) is 0.346. The molecular formula is C26H30N4O5. The SMILES string of the molecule is CCC(C)(C)C(=O)On1nc(-c2cc(C(C)C)c(O)cc2O)n(-c2ccc3c(ccn3C)c2)c1=O. The van der Waals surface area contributed by atoms with Crippen LogP contribution in [0.2, 0.25) is 0 Å². The first-order chi connectivity index (χ1) is 16.4. The summed E-state index contributed by atoms with van der Waals surface area (Å²) in [4.78, 5) is 32.3. The van der Waals surface area contributed by atoms with Crippen LogP contribution in [-0.4, -0.2) is 35.3 Å². The second-order valence-corrected chi connectivity index (χ2v) is 9.68. The van der Waals surface area contributed by atoms with Gasteiger partial charge in [-0.25, -0.2) is 14.2 Å². The zero-order valence-electron chi connectivity index (χ0n) is 20.7. The van der Waals surface area contributed by atoms with Gasteiger partial charge in [-0.05, 0) is 66.9 Å². The summed E-state index contributed by atoms with van der Waals surface area (Å²) in [5, 5.41) is 26.2. The predicted octanol–water partition coefficient (Wildman–Crippen LogP) is 4.12. The average molecular weight is 479 g/mol. The summed E-state index contributed by atoms with van der Waals surface area (Å²) in [6.45, 7) is 9.11. The monoisotopic (exact) mass is 478 g/mol. The molecule has 4 rings (SSSR count). The van der Waals surface area contributed by atoms with E-state index in [1.807, 2.05) is 56.8 Å². The normalized spacial score (nSPS) is 12.0. The highest BCUT2D eigenvalue weighted by Crippen LogP contribution is 2.37. The van der Waals surface area contributed by atoms with Gasteiger partial charge in [0.25, 0.3) is 0 Å². The average Bonchev–Trinajstić information content (AvgIpc) is 3.32. The topological polar surface area (TPSA) is 112 Å². The molecule has 0 saturated heterocycles. The van der Waals surface area contributed by atoms with Crippen LogP contribution in [0.25, 0.3) is 28.0 Å². The van der Waals surface area contributed by atoms with Crippen LogP contribution in [0.1, 0.15) is 52.5 Å². The van der Waals surface area contributed by atoms with E-state index in [2.05, 4.69) is 5.10 Å². The number of hydrogen-bond donors (Lipinski definition) is 2. The van der Waals surface area contributed by atoms with E-state index in [1.54, 1.807) is 26.0 Å². The molecule has 9 nitrogen and oxygen atoms in total. The molecule has 35 heavy (non-hydrogen) atoms.